The Hall–Kier alpha value is 0.423. The number of fused-ring (bicyclic) bond motifs is 1. The predicted octanol–water partition coefficient (Wildman–Crippen LogP) is 4.72. The third kappa shape index (κ3) is 3.73. The maximum atomic E-state index is 4.93. The fourth-order valence-electron chi connectivity index (χ4n) is 1.83. The first-order chi connectivity index (χ1) is 7.22. The molecule has 0 atom stereocenters. The summed E-state index contributed by atoms with van der Waals surface area (Å²) in [6.07, 6.45) is 4.71. The second-order valence-corrected chi connectivity index (χ2v) is 7.28. The number of allylic oxidation sites excluding steroid dienone is 1. The summed E-state index contributed by atoms with van der Waals surface area (Å²) in [5.41, 5.74) is 5.96. The molecule has 0 aliphatic heterocycles. The summed E-state index contributed by atoms with van der Waals surface area (Å²) in [5.74, 6) is 0. The van der Waals surface area contributed by atoms with Crippen molar-refractivity contribution >= 4 is 23.1 Å². The summed E-state index contributed by atoms with van der Waals surface area (Å²) < 4.78 is 0. The predicted molar refractivity (Wildman–Crippen MR) is 64.9 cm³/mol. The first-order valence-electron chi connectivity index (χ1n) is 4.97. The summed E-state index contributed by atoms with van der Waals surface area (Å²) in [4.78, 5) is 0. The Bertz CT molecular complexity index is 359. The Morgan fingerprint density at radius 1 is 1.33 bits per heavy atom. The molecule has 1 aliphatic carbocycles. The second-order valence-electron chi connectivity index (χ2n) is 3.55. The maximum absolute atomic E-state index is 4.93. The van der Waals surface area contributed by atoms with Crippen molar-refractivity contribution in [3.05, 3.63) is 40.5 Å². The molecule has 1 aliphatic rings. The topological polar surface area (TPSA) is 0 Å². The standard InChI is InChI=1S/C12H14.2ClH.Zr/c1-3-10-7-11-6-4-5-9(2)12(11)8-10;;;/h4-6,8H,3,7H2,1-2H3;2*1H;/q;;;+2/p-2. The van der Waals surface area contributed by atoms with Crippen LogP contribution >= 0.6 is 17.0 Å². The number of hydrogen-bond donors (Lipinski definition) is 0. The molecule has 0 unspecified atom stereocenters. The van der Waals surface area contributed by atoms with Crippen molar-refractivity contribution in [2.75, 3.05) is 0 Å². The van der Waals surface area contributed by atoms with E-state index in [2.05, 4.69) is 38.1 Å². The molecule has 15 heavy (non-hydrogen) atoms. The van der Waals surface area contributed by atoms with Crippen LogP contribution in [0.5, 0.6) is 0 Å². The van der Waals surface area contributed by atoms with Crippen LogP contribution in [0.2, 0.25) is 0 Å². The molecule has 1 aromatic carbocycles. The summed E-state index contributed by atoms with van der Waals surface area (Å²) in [7, 11) is 9.87. The van der Waals surface area contributed by atoms with Gasteiger partial charge in [-0.3, -0.25) is 0 Å². The van der Waals surface area contributed by atoms with E-state index in [-0.39, 0.29) is 0 Å². The van der Waals surface area contributed by atoms with Crippen molar-refractivity contribution in [1.29, 1.82) is 0 Å². The van der Waals surface area contributed by atoms with Gasteiger partial charge in [0, 0.05) is 0 Å². The summed E-state index contributed by atoms with van der Waals surface area (Å²) in [6, 6.07) is 6.58. The fraction of sp³-hybridized carbons (Fsp3) is 0.333. The third-order valence-corrected chi connectivity index (χ3v) is 2.63. The Morgan fingerprint density at radius 3 is 2.53 bits per heavy atom. The van der Waals surface area contributed by atoms with Gasteiger partial charge in [0.05, 0.1) is 0 Å². The molecule has 1 aromatic rings. The van der Waals surface area contributed by atoms with E-state index < -0.39 is 20.8 Å². The monoisotopic (exact) mass is 318 g/mol. The van der Waals surface area contributed by atoms with Crippen LogP contribution < -0.4 is 0 Å². The van der Waals surface area contributed by atoms with E-state index >= 15 is 0 Å². The van der Waals surface area contributed by atoms with Gasteiger partial charge in [0.1, 0.15) is 0 Å². The van der Waals surface area contributed by atoms with Crippen LogP contribution in [0.4, 0.5) is 0 Å². The molecule has 3 heteroatoms. The zero-order valence-electron chi connectivity index (χ0n) is 8.98. The van der Waals surface area contributed by atoms with Crippen LogP contribution in [0.15, 0.2) is 23.8 Å². The molecule has 0 saturated heterocycles. The van der Waals surface area contributed by atoms with Gasteiger partial charge in [-0.2, -0.15) is 0 Å². The SMILES string of the molecule is CCC1=Cc2c(C)cccc2C1.[Cl][Zr][Cl]. The number of benzene rings is 1. The van der Waals surface area contributed by atoms with Gasteiger partial charge in [-0.15, -0.1) is 0 Å². The fourth-order valence-corrected chi connectivity index (χ4v) is 1.83. The van der Waals surface area contributed by atoms with Crippen LogP contribution in [0, 0.1) is 6.92 Å². The average Bonchev–Trinajstić information content (AvgIpc) is 2.63. The molecule has 0 aromatic heterocycles. The van der Waals surface area contributed by atoms with Gasteiger partial charge in [-0.1, -0.05) is 36.8 Å². The average molecular weight is 320 g/mol. The van der Waals surface area contributed by atoms with Crippen molar-refractivity contribution in [2.24, 2.45) is 0 Å². The van der Waals surface area contributed by atoms with Crippen LogP contribution in [-0.4, -0.2) is 0 Å². The van der Waals surface area contributed by atoms with Crippen molar-refractivity contribution in [3.8, 4) is 0 Å². The van der Waals surface area contributed by atoms with Gasteiger partial charge in [0.2, 0.25) is 0 Å². The van der Waals surface area contributed by atoms with E-state index in [1.165, 1.54) is 29.5 Å². The Kier molecular flexibility index (Phi) is 6.19. The summed E-state index contributed by atoms with van der Waals surface area (Å²) >= 11 is -0.826. The molecule has 0 spiro atoms. The van der Waals surface area contributed by atoms with E-state index in [1.807, 2.05) is 0 Å². The quantitative estimate of drug-likeness (QED) is 0.702. The number of halogens is 2. The Labute approximate surface area is 110 Å². The van der Waals surface area contributed by atoms with E-state index in [0.717, 1.165) is 0 Å². The molecular weight excluding hydrogens is 306 g/mol. The van der Waals surface area contributed by atoms with Crippen molar-refractivity contribution in [3.63, 3.8) is 0 Å². The van der Waals surface area contributed by atoms with Crippen LogP contribution in [-0.2, 0) is 27.3 Å². The summed E-state index contributed by atoms with van der Waals surface area (Å²) in [5, 5.41) is 0. The van der Waals surface area contributed by atoms with E-state index in [0.29, 0.717) is 0 Å². The third-order valence-electron chi connectivity index (χ3n) is 2.63. The molecule has 0 fully saturated rings. The van der Waals surface area contributed by atoms with Crippen LogP contribution in [0.3, 0.4) is 0 Å². The van der Waals surface area contributed by atoms with Gasteiger partial charge in [-0.25, -0.2) is 0 Å². The Morgan fingerprint density at radius 2 is 2.00 bits per heavy atom. The van der Waals surface area contributed by atoms with Gasteiger partial charge in [-0.05, 0) is 36.5 Å². The molecule has 80 valence electrons. The molecule has 0 N–H and O–H groups in total. The van der Waals surface area contributed by atoms with E-state index in [4.69, 9.17) is 17.0 Å². The van der Waals surface area contributed by atoms with Gasteiger partial charge in [0.15, 0.2) is 0 Å². The van der Waals surface area contributed by atoms with E-state index in [9.17, 15) is 0 Å². The van der Waals surface area contributed by atoms with Gasteiger partial charge in [0.25, 0.3) is 0 Å². The number of rotatable bonds is 1. The Balaban J connectivity index is 0.000000337. The molecular formula is C12H14Cl2Zr. The molecule has 0 saturated carbocycles. The minimum absolute atomic E-state index is 0.826. The molecule has 0 amide bonds. The van der Waals surface area contributed by atoms with E-state index in [1.54, 1.807) is 5.57 Å². The normalized spacial score (nSPS) is 12.4. The molecule has 0 nitrogen and oxygen atoms in total. The van der Waals surface area contributed by atoms with Gasteiger partial charge >= 0.3 is 37.9 Å². The zero-order valence-corrected chi connectivity index (χ0v) is 12.9. The zero-order chi connectivity index (χ0) is 11.3. The molecule has 0 radical (unpaired) electrons. The van der Waals surface area contributed by atoms with Crippen molar-refractivity contribution < 1.29 is 20.8 Å². The molecule has 0 heterocycles. The number of hydrogen-bond acceptors (Lipinski definition) is 0. The van der Waals surface area contributed by atoms with Crippen LogP contribution in [0.25, 0.3) is 6.08 Å². The minimum atomic E-state index is -0.826. The number of aryl methyl sites for hydroxylation is 1. The molecule has 2 rings (SSSR count). The van der Waals surface area contributed by atoms with Crippen molar-refractivity contribution in [1.82, 2.24) is 0 Å². The van der Waals surface area contributed by atoms with Crippen LogP contribution in [0.1, 0.15) is 30.0 Å². The second kappa shape index (κ2) is 6.89. The van der Waals surface area contributed by atoms with Gasteiger partial charge < -0.3 is 0 Å². The summed E-state index contributed by atoms with van der Waals surface area (Å²) in [6.45, 7) is 4.42. The first kappa shape index (κ1) is 13.5. The molecule has 0 bridgehead atoms. The van der Waals surface area contributed by atoms with Crippen molar-refractivity contribution in [2.45, 2.75) is 26.7 Å². The first-order valence-corrected chi connectivity index (χ1v) is 11.3.